The molecule has 120 valence electrons. The summed E-state index contributed by atoms with van der Waals surface area (Å²) in [6.07, 6.45) is 1.85. The molecule has 7 heteroatoms. The second kappa shape index (κ2) is 8.49. The van der Waals surface area contributed by atoms with Crippen molar-refractivity contribution < 1.29 is 28.6 Å². The van der Waals surface area contributed by atoms with Crippen molar-refractivity contribution in [1.29, 1.82) is 0 Å². The van der Waals surface area contributed by atoms with Crippen molar-refractivity contribution in [2.24, 2.45) is 0 Å². The maximum atomic E-state index is 12.1. The van der Waals surface area contributed by atoms with E-state index in [0.29, 0.717) is 0 Å². The van der Waals surface area contributed by atoms with E-state index in [1.807, 2.05) is 0 Å². The molecular weight excluding hydrogens is 278 g/mol. The van der Waals surface area contributed by atoms with Crippen molar-refractivity contribution in [1.82, 2.24) is 4.90 Å². The van der Waals surface area contributed by atoms with Crippen LogP contribution in [0.3, 0.4) is 0 Å². The summed E-state index contributed by atoms with van der Waals surface area (Å²) in [5.41, 5.74) is 0. The van der Waals surface area contributed by atoms with Gasteiger partial charge in [-0.3, -0.25) is 14.5 Å². The van der Waals surface area contributed by atoms with Gasteiger partial charge in [0.1, 0.15) is 13.2 Å². The molecule has 0 spiro atoms. The molecule has 0 aromatic carbocycles. The number of carbonyl (C=O) groups is 3. The second-order valence-corrected chi connectivity index (χ2v) is 4.95. The Kier molecular flexibility index (Phi) is 6.98. The van der Waals surface area contributed by atoms with Gasteiger partial charge in [-0.15, -0.1) is 0 Å². The third-order valence-electron chi connectivity index (χ3n) is 3.30. The molecule has 0 radical (unpaired) electrons. The molecule has 0 aliphatic carbocycles. The molecule has 7 nitrogen and oxygen atoms in total. The minimum absolute atomic E-state index is 0.130. The molecule has 1 heterocycles. The van der Waals surface area contributed by atoms with E-state index in [4.69, 9.17) is 14.2 Å². The van der Waals surface area contributed by atoms with Crippen LogP contribution in [0.15, 0.2) is 0 Å². The predicted octanol–water partition coefficient (Wildman–Crippen LogP) is 1.49. The van der Waals surface area contributed by atoms with Gasteiger partial charge in [0.05, 0.1) is 18.7 Å². The number of hydrogen-bond donors (Lipinski definition) is 0. The largest absolute Gasteiger partial charge is 0.464 e. The molecule has 2 atom stereocenters. The number of hydrogen-bond acceptors (Lipinski definition) is 6. The Balaban J connectivity index is 2.76. The molecule has 1 fully saturated rings. The molecule has 1 aliphatic rings. The van der Waals surface area contributed by atoms with Crippen LogP contribution in [0.2, 0.25) is 0 Å². The Morgan fingerprint density at radius 2 is 1.43 bits per heavy atom. The normalized spacial score (nSPS) is 21.6. The van der Waals surface area contributed by atoms with E-state index in [9.17, 15) is 14.4 Å². The Morgan fingerprint density at radius 1 is 0.952 bits per heavy atom. The van der Waals surface area contributed by atoms with Gasteiger partial charge < -0.3 is 14.2 Å². The fourth-order valence-corrected chi connectivity index (χ4v) is 2.42. The van der Waals surface area contributed by atoms with E-state index in [2.05, 4.69) is 0 Å². The van der Waals surface area contributed by atoms with Gasteiger partial charge >= 0.3 is 18.0 Å². The highest BCUT2D eigenvalue weighted by Crippen LogP contribution is 2.24. The zero-order valence-corrected chi connectivity index (χ0v) is 12.8. The summed E-state index contributed by atoms with van der Waals surface area (Å²) in [4.78, 5) is 35.6. The number of piperidine rings is 1. The van der Waals surface area contributed by atoms with Crippen molar-refractivity contribution in [3.63, 3.8) is 0 Å². The van der Waals surface area contributed by atoms with Crippen LogP contribution in [0.4, 0.5) is 4.79 Å². The topological polar surface area (TPSA) is 82.1 Å². The van der Waals surface area contributed by atoms with Crippen molar-refractivity contribution in [2.75, 3.05) is 19.8 Å². The van der Waals surface area contributed by atoms with Crippen molar-refractivity contribution in [3.05, 3.63) is 0 Å². The van der Waals surface area contributed by atoms with Crippen molar-refractivity contribution in [3.8, 4) is 0 Å². The maximum Gasteiger partial charge on any atom is 0.410 e. The highest BCUT2D eigenvalue weighted by Gasteiger charge is 2.36. The number of ether oxygens (including phenoxy) is 3. The van der Waals surface area contributed by atoms with Crippen molar-refractivity contribution >= 4 is 18.0 Å². The van der Waals surface area contributed by atoms with E-state index in [1.165, 1.54) is 13.8 Å². The Hall–Kier alpha value is -1.79. The van der Waals surface area contributed by atoms with Gasteiger partial charge in [0.2, 0.25) is 0 Å². The van der Waals surface area contributed by atoms with E-state index < -0.39 is 6.09 Å². The third kappa shape index (κ3) is 5.61. The highest BCUT2D eigenvalue weighted by atomic mass is 16.6. The lowest BCUT2D eigenvalue weighted by Gasteiger charge is -2.40. The van der Waals surface area contributed by atoms with E-state index in [0.717, 1.165) is 19.3 Å². The van der Waals surface area contributed by atoms with Crippen molar-refractivity contribution in [2.45, 2.75) is 52.1 Å². The summed E-state index contributed by atoms with van der Waals surface area (Å²) in [6, 6.07) is -0.496. The Labute approximate surface area is 124 Å². The number of likely N-dealkylation sites (tertiary alicyclic amines) is 1. The number of nitrogens with zero attached hydrogens (tertiary/aromatic N) is 1. The molecule has 1 aliphatic heterocycles. The fraction of sp³-hybridized carbons (Fsp3) is 0.786. The standard InChI is InChI=1S/C14H23NO6/c1-4-19-14(18)15-12(8-20-10(2)16)6-5-7-13(15)9-21-11(3)17/h12-13H,4-9H2,1-3H3/t12-,13+. The lowest BCUT2D eigenvalue weighted by atomic mass is 9.97. The first-order chi connectivity index (χ1) is 9.95. The highest BCUT2D eigenvalue weighted by molar-refractivity contribution is 5.69. The minimum Gasteiger partial charge on any atom is -0.464 e. The zero-order chi connectivity index (χ0) is 15.8. The first-order valence-corrected chi connectivity index (χ1v) is 7.17. The lowest BCUT2D eigenvalue weighted by molar-refractivity contribution is -0.145. The molecule has 0 aromatic rings. The average Bonchev–Trinajstić information content (AvgIpc) is 2.42. The predicted molar refractivity (Wildman–Crippen MR) is 73.6 cm³/mol. The Bertz CT molecular complexity index is 358. The molecule has 0 aromatic heterocycles. The quantitative estimate of drug-likeness (QED) is 0.565. The second-order valence-electron chi connectivity index (χ2n) is 4.95. The SMILES string of the molecule is CCOC(=O)N1[C@@H](COC(C)=O)CCC[C@H]1COC(C)=O. The summed E-state index contributed by atoms with van der Waals surface area (Å²) >= 11 is 0. The number of carbonyl (C=O) groups excluding carboxylic acids is 3. The van der Waals surface area contributed by atoms with Gasteiger partial charge in [0.15, 0.2) is 0 Å². The van der Waals surface area contributed by atoms with Gasteiger partial charge in [-0.1, -0.05) is 0 Å². The first-order valence-electron chi connectivity index (χ1n) is 7.17. The van der Waals surface area contributed by atoms with Crippen LogP contribution < -0.4 is 0 Å². The summed E-state index contributed by atoms with van der Waals surface area (Å²) in [7, 11) is 0. The molecule has 0 N–H and O–H groups in total. The smallest absolute Gasteiger partial charge is 0.410 e. The van der Waals surface area contributed by atoms with Crippen LogP contribution in [0.25, 0.3) is 0 Å². The Morgan fingerprint density at radius 3 is 1.81 bits per heavy atom. The van der Waals surface area contributed by atoms with E-state index >= 15 is 0 Å². The van der Waals surface area contributed by atoms with Crippen LogP contribution in [0.1, 0.15) is 40.0 Å². The number of amides is 1. The zero-order valence-electron chi connectivity index (χ0n) is 12.8. The summed E-state index contributed by atoms with van der Waals surface area (Å²) < 4.78 is 15.1. The molecule has 1 saturated heterocycles. The van der Waals surface area contributed by atoms with Gasteiger partial charge in [-0.05, 0) is 26.2 Å². The van der Waals surface area contributed by atoms with E-state index in [1.54, 1.807) is 11.8 Å². The van der Waals surface area contributed by atoms with E-state index in [-0.39, 0.29) is 43.8 Å². The fourth-order valence-electron chi connectivity index (χ4n) is 2.42. The number of rotatable bonds is 5. The minimum atomic E-state index is -0.466. The van der Waals surface area contributed by atoms with Gasteiger partial charge in [-0.2, -0.15) is 0 Å². The molecule has 0 unspecified atom stereocenters. The summed E-state index contributed by atoms with van der Waals surface area (Å²) in [6.45, 7) is 4.90. The number of esters is 2. The molecule has 0 saturated carbocycles. The van der Waals surface area contributed by atoms with Crippen LogP contribution in [-0.4, -0.2) is 54.8 Å². The van der Waals surface area contributed by atoms with Gasteiger partial charge in [-0.25, -0.2) is 4.79 Å². The first kappa shape index (κ1) is 17.3. The molecular formula is C14H23NO6. The van der Waals surface area contributed by atoms with Crippen LogP contribution in [0, 0.1) is 0 Å². The molecule has 1 amide bonds. The van der Waals surface area contributed by atoms with Crippen LogP contribution in [-0.2, 0) is 23.8 Å². The molecule has 0 bridgehead atoms. The van der Waals surface area contributed by atoms with Gasteiger partial charge in [0.25, 0.3) is 0 Å². The molecule has 21 heavy (non-hydrogen) atoms. The van der Waals surface area contributed by atoms with Crippen LogP contribution in [0.5, 0.6) is 0 Å². The summed E-state index contributed by atoms with van der Waals surface area (Å²) in [5.74, 6) is -0.776. The average molecular weight is 301 g/mol. The monoisotopic (exact) mass is 301 g/mol. The summed E-state index contributed by atoms with van der Waals surface area (Å²) in [5, 5.41) is 0. The maximum absolute atomic E-state index is 12.1. The van der Waals surface area contributed by atoms with Crippen LogP contribution >= 0.6 is 0 Å². The molecule has 1 rings (SSSR count). The third-order valence-corrected chi connectivity index (χ3v) is 3.30. The van der Waals surface area contributed by atoms with Gasteiger partial charge in [0, 0.05) is 13.8 Å². The lowest BCUT2D eigenvalue weighted by Crippen LogP contribution is -2.54.